The number of carboxylic acids is 1. The number of hydrogen-bond acceptors (Lipinski definition) is 3. The fraction of sp³-hybridized carbons (Fsp3) is 0.385. The first-order chi connectivity index (χ1) is 8.15. The number of fused-ring (bicyclic) bond motifs is 1. The van der Waals surface area contributed by atoms with Crippen molar-refractivity contribution >= 4 is 11.8 Å². The molecule has 1 N–H and O–H groups in total. The first-order valence-electron chi connectivity index (χ1n) is 5.82. The van der Waals surface area contributed by atoms with E-state index < -0.39 is 11.5 Å². The van der Waals surface area contributed by atoms with Crippen molar-refractivity contribution in [3.63, 3.8) is 0 Å². The molecule has 2 bridgehead atoms. The maximum atomic E-state index is 12.4. The van der Waals surface area contributed by atoms with Gasteiger partial charge in [-0.15, -0.1) is 0 Å². The number of hydrogen-bond donors (Lipinski definition) is 1. The number of carbonyl (C=O) groups excluding carboxylic acids is 1. The smallest absolute Gasteiger partial charge is 0.337 e. The van der Waals surface area contributed by atoms with Crippen LogP contribution in [0.5, 0.6) is 0 Å². The zero-order chi connectivity index (χ0) is 12.0. The summed E-state index contributed by atoms with van der Waals surface area (Å²) in [5.41, 5.74) is -0.128. The molecular formula is C13H13NO3. The number of piperidine rings is 1. The Hall–Kier alpha value is -1.84. The van der Waals surface area contributed by atoms with E-state index >= 15 is 0 Å². The molecule has 0 aromatic heterocycles. The maximum absolute atomic E-state index is 12.4. The lowest BCUT2D eigenvalue weighted by Gasteiger charge is -2.48. The molecule has 17 heavy (non-hydrogen) atoms. The molecule has 0 amide bonds. The van der Waals surface area contributed by atoms with Crippen molar-refractivity contribution in [3.8, 4) is 0 Å². The van der Waals surface area contributed by atoms with Crippen LogP contribution in [-0.2, 0) is 9.59 Å². The van der Waals surface area contributed by atoms with Crippen molar-refractivity contribution < 1.29 is 14.7 Å². The molecule has 0 saturated carbocycles. The highest BCUT2D eigenvalue weighted by Gasteiger charge is 2.49. The number of rotatable bonds is 1. The van der Waals surface area contributed by atoms with Gasteiger partial charge in [0.05, 0.1) is 5.57 Å². The number of allylic oxidation sites excluding steroid dienone is 2. The quantitative estimate of drug-likeness (QED) is 0.738. The van der Waals surface area contributed by atoms with E-state index in [-0.39, 0.29) is 11.4 Å². The summed E-state index contributed by atoms with van der Waals surface area (Å²) < 4.78 is 0. The van der Waals surface area contributed by atoms with Crippen LogP contribution in [-0.4, -0.2) is 33.8 Å². The van der Waals surface area contributed by atoms with Gasteiger partial charge < -0.3 is 10.0 Å². The minimum absolute atomic E-state index is 0.0559. The normalized spacial score (nSPS) is 30.6. The van der Waals surface area contributed by atoms with E-state index in [4.69, 9.17) is 5.11 Å². The van der Waals surface area contributed by atoms with Gasteiger partial charge in [-0.1, -0.05) is 18.2 Å². The van der Waals surface area contributed by atoms with Gasteiger partial charge in [0.1, 0.15) is 5.54 Å². The summed E-state index contributed by atoms with van der Waals surface area (Å²) in [5.74, 6) is -1.08. The van der Waals surface area contributed by atoms with Gasteiger partial charge in [-0.2, -0.15) is 0 Å². The molecule has 1 spiro atoms. The van der Waals surface area contributed by atoms with Crippen LogP contribution < -0.4 is 0 Å². The molecule has 1 aliphatic carbocycles. The molecule has 2 heterocycles. The van der Waals surface area contributed by atoms with E-state index in [1.54, 1.807) is 12.3 Å². The standard InChI is InChI=1S/C13H13NO3/c15-11-9-4-3-6-13(11)5-1-2-7-14(13)8-10(9)12(16)17/h3-4,6,8H,1-2,5,7H2,(H,16,17). The Morgan fingerprint density at radius 3 is 3.00 bits per heavy atom. The summed E-state index contributed by atoms with van der Waals surface area (Å²) in [4.78, 5) is 25.5. The fourth-order valence-corrected chi connectivity index (χ4v) is 2.92. The van der Waals surface area contributed by atoms with Gasteiger partial charge in [0.25, 0.3) is 0 Å². The predicted octanol–water partition coefficient (Wildman–Crippen LogP) is 1.26. The number of ketones is 1. The second kappa shape index (κ2) is 3.32. The number of carboxylic acid groups (broad SMARTS) is 1. The van der Waals surface area contributed by atoms with E-state index in [1.807, 2.05) is 17.1 Å². The van der Waals surface area contributed by atoms with Gasteiger partial charge in [0.2, 0.25) is 0 Å². The lowest BCUT2D eigenvalue weighted by molar-refractivity contribution is -0.134. The zero-order valence-corrected chi connectivity index (χ0v) is 9.35. The monoisotopic (exact) mass is 231 g/mol. The zero-order valence-electron chi connectivity index (χ0n) is 9.35. The Kier molecular flexibility index (Phi) is 2.02. The molecule has 1 fully saturated rings. The van der Waals surface area contributed by atoms with Crippen molar-refractivity contribution in [3.05, 3.63) is 35.6 Å². The molecule has 0 radical (unpaired) electrons. The molecule has 0 aromatic carbocycles. The highest BCUT2D eigenvalue weighted by molar-refractivity contribution is 6.16. The molecule has 3 aliphatic rings. The van der Waals surface area contributed by atoms with Crippen LogP contribution >= 0.6 is 0 Å². The van der Waals surface area contributed by atoms with Crippen LogP contribution in [0.4, 0.5) is 0 Å². The molecule has 4 heteroatoms. The molecule has 3 rings (SSSR count). The first kappa shape index (κ1) is 10.3. The summed E-state index contributed by atoms with van der Waals surface area (Å²) in [6, 6.07) is 0. The SMILES string of the molecule is O=C(O)C1=CN2CCCCC23C=CC=C1C3=O. The summed E-state index contributed by atoms with van der Waals surface area (Å²) in [6.07, 6.45) is 9.76. The van der Waals surface area contributed by atoms with Crippen LogP contribution in [0, 0.1) is 0 Å². The topological polar surface area (TPSA) is 57.6 Å². The van der Waals surface area contributed by atoms with Gasteiger partial charge in [-0.25, -0.2) is 4.79 Å². The van der Waals surface area contributed by atoms with Gasteiger partial charge in [0.15, 0.2) is 5.78 Å². The van der Waals surface area contributed by atoms with Gasteiger partial charge >= 0.3 is 5.97 Å². The van der Waals surface area contributed by atoms with Crippen LogP contribution in [0.25, 0.3) is 0 Å². The second-order valence-electron chi connectivity index (χ2n) is 4.69. The third kappa shape index (κ3) is 1.24. The summed E-state index contributed by atoms with van der Waals surface area (Å²) in [5, 5.41) is 9.14. The largest absolute Gasteiger partial charge is 0.478 e. The van der Waals surface area contributed by atoms with Crippen molar-refractivity contribution in [1.29, 1.82) is 0 Å². The molecular weight excluding hydrogens is 218 g/mol. The van der Waals surface area contributed by atoms with Gasteiger partial charge in [-0.3, -0.25) is 4.79 Å². The lowest BCUT2D eigenvalue weighted by atomic mass is 9.73. The predicted molar refractivity (Wildman–Crippen MR) is 61.2 cm³/mol. The number of nitrogens with zero attached hydrogens (tertiary/aromatic N) is 1. The Morgan fingerprint density at radius 2 is 2.24 bits per heavy atom. The molecule has 2 aliphatic heterocycles. The molecule has 1 atom stereocenters. The third-order valence-electron chi connectivity index (χ3n) is 3.80. The lowest BCUT2D eigenvalue weighted by Crippen LogP contribution is -2.57. The summed E-state index contributed by atoms with van der Waals surface area (Å²) in [6.45, 7) is 0.750. The Bertz CT molecular complexity index is 501. The third-order valence-corrected chi connectivity index (χ3v) is 3.80. The van der Waals surface area contributed by atoms with Crippen LogP contribution in [0.2, 0.25) is 0 Å². The molecule has 1 saturated heterocycles. The highest BCUT2D eigenvalue weighted by atomic mass is 16.4. The summed E-state index contributed by atoms with van der Waals surface area (Å²) in [7, 11) is 0. The second-order valence-corrected chi connectivity index (χ2v) is 4.69. The van der Waals surface area contributed by atoms with E-state index in [2.05, 4.69) is 0 Å². The highest BCUT2D eigenvalue weighted by Crippen LogP contribution is 2.40. The molecule has 4 nitrogen and oxygen atoms in total. The van der Waals surface area contributed by atoms with Crippen molar-refractivity contribution in [2.24, 2.45) is 0 Å². The Morgan fingerprint density at radius 1 is 1.41 bits per heavy atom. The van der Waals surface area contributed by atoms with E-state index in [1.165, 1.54) is 0 Å². The average Bonchev–Trinajstić information content (AvgIpc) is 2.29. The van der Waals surface area contributed by atoms with E-state index in [0.717, 1.165) is 25.8 Å². The number of Topliss-reactive ketones (excluding diaryl/α,β-unsaturated/α-hetero) is 1. The minimum Gasteiger partial charge on any atom is -0.478 e. The van der Waals surface area contributed by atoms with Crippen molar-refractivity contribution in [1.82, 2.24) is 4.90 Å². The van der Waals surface area contributed by atoms with Gasteiger partial charge in [-0.05, 0) is 19.3 Å². The van der Waals surface area contributed by atoms with Gasteiger partial charge in [0, 0.05) is 18.3 Å². The van der Waals surface area contributed by atoms with Crippen LogP contribution in [0.3, 0.4) is 0 Å². The maximum Gasteiger partial charge on any atom is 0.337 e. The van der Waals surface area contributed by atoms with Crippen LogP contribution in [0.1, 0.15) is 19.3 Å². The number of carbonyl (C=O) groups is 2. The summed E-state index contributed by atoms with van der Waals surface area (Å²) >= 11 is 0. The Labute approximate surface area is 98.9 Å². The molecule has 0 aromatic rings. The molecule has 1 unspecified atom stereocenters. The number of aliphatic carboxylic acids is 1. The minimum atomic E-state index is -1.03. The first-order valence-corrected chi connectivity index (χ1v) is 5.82. The van der Waals surface area contributed by atoms with Crippen molar-refractivity contribution in [2.45, 2.75) is 24.8 Å². The van der Waals surface area contributed by atoms with Crippen LogP contribution in [0.15, 0.2) is 35.6 Å². The van der Waals surface area contributed by atoms with E-state index in [0.29, 0.717) is 5.57 Å². The molecule has 88 valence electrons. The van der Waals surface area contributed by atoms with E-state index in [9.17, 15) is 9.59 Å². The van der Waals surface area contributed by atoms with Crippen molar-refractivity contribution in [2.75, 3.05) is 6.54 Å². The average molecular weight is 231 g/mol. The fourth-order valence-electron chi connectivity index (χ4n) is 2.92. The Balaban J connectivity index is 2.18.